The molecule has 0 radical (unpaired) electrons. The molecule has 3 aromatic carbocycles. The van der Waals surface area contributed by atoms with Crippen molar-refractivity contribution < 1.29 is 34.2 Å². The molecule has 3 aromatic rings. The number of carbonyl (C=O) groups excluding carboxylic acids is 3. The second-order valence-corrected chi connectivity index (χ2v) is 16.7. The summed E-state index contributed by atoms with van der Waals surface area (Å²) >= 11 is 0. The van der Waals surface area contributed by atoms with Crippen LogP contribution in [-0.2, 0) is 27.4 Å². The van der Waals surface area contributed by atoms with Crippen LogP contribution >= 0.6 is 0 Å². The number of para-hydroxylation sites is 1. The molecule has 12 nitrogen and oxygen atoms in total. The summed E-state index contributed by atoms with van der Waals surface area (Å²) in [6.45, 7) is 8.27. The lowest BCUT2D eigenvalue weighted by Crippen LogP contribution is -2.62. The van der Waals surface area contributed by atoms with Gasteiger partial charge < -0.3 is 35.8 Å². The predicted octanol–water partition coefficient (Wildman–Crippen LogP) is 4.18. The summed E-state index contributed by atoms with van der Waals surface area (Å²) < 4.78 is 6.07. The minimum atomic E-state index is -0.925. The van der Waals surface area contributed by atoms with Gasteiger partial charge in [-0.25, -0.2) is 0 Å². The highest BCUT2D eigenvalue weighted by atomic mass is 16.7. The van der Waals surface area contributed by atoms with Crippen molar-refractivity contribution in [2.75, 3.05) is 39.8 Å². The molecule has 12 heteroatoms. The molecule has 4 aliphatic rings. The topological polar surface area (TPSA) is 153 Å². The van der Waals surface area contributed by atoms with Gasteiger partial charge >= 0.3 is 0 Å². The summed E-state index contributed by atoms with van der Waals surface area (Å²) in [5.74, 6) is 0.331. The minimum Gasteiger partial charge on any atom is -0.496 e. The molecule has 9 atom stereocenters. The van der Waals surface area contributed by atoms with Crippen LogP contribution < -0.4 is 25.6 Å². The maximum atomic E-state index is 14.3. The van der Waals surface area contributed by atoms with E-state index in [0.29, 0.717) is 52.2 Å². The van der Waals surface area contributed by atoms with Crippen LogP contribution in [0.15, 0.2) is 66.7 Å². The van der Waals surface area contributed by atoms with E-state index in [-0.39, 0.29) is 36.4 Å². The summed E-state index contributed by atoms with van der Waals surface area (Å²) in [6.07, 6.45) is 0.716. The van der Waals surface area contributed by atoms with Gasteiger partial charge in [0.2, 0.25) is 11.8 Å². The number of likely N-dealkylation sites (N-methyl/N-ethyl adjacent to an activating group) is 1. The molecular formula is C44H59N5O7. The lowest BCUT2D eigenvalue weighted by Gasteiger charge is -2.62. The van der Waals surface area contributed by atoms with Gasteiger partial charge in [0, 0.05) is 61.9 Å². The first-order valence-electron chi connectivity index (χ1n) is 19.8. The van der Waals surface area contributed by atoms with Crippen LogP contribution in [0.25, 0.3) is 11.1 Å². The van der Waals surface area contributed by atoms with Gasteiger partial charge in [-0.3, -0.25) is 19.2 Å². The predicted molar refractivity (Wildman–Crippen MR) is 216 cm³/mol. The summed E-state index contributed by atoms with van der Waals surface area (Å²) in [4.78, 5) is 49.3. The van der Waals surface area contributed by atoms with Crippen LogP contribution in [0, 0.1) is 29.1 Å². The molecule has 0 unspecified atom stereocenters. The van der Waals surface area contributed by atoms with Gasteiger partial charge in [-0.1, -0.05) is 69.3 Å². The number of hydrogen-bond acceptors (Lipinski definition) is 9. The van der Waals surface area contributed by atoms with Gasteiger partial charge in [-0.15, -0.1) is 0 Å². The molecule has 3 saturated carbocycles. The van der Waals surface area contributed by atoms with Gasteiger partial charge in [-0.2, -0.15) is 5.06 Å². The number of amides is 3. The van der Waals surface area contributed by atoms with Gasteiger partial charge in [0.15, 0.2) is 0 Å². The minimum absolute atomic E-state index is 0.0159. The number of aliphatic hydroxyl groups is 2. The van der Waals surface area contributed by atoms with Crippen molar-refractivity contribution in [1.29, 1.82) is 0 Å². The third-order valence-corrected chi connectivity index (χ3v) is 12.8. The highest BCUT2D eigenvalue weighted by Crippen LogP contribution is 2.61. The Balaban J connectivity index is 1.29. The van der Waals surface area contributed by atoms with Gasteiger partial charge in [0.25, 0.3) is 5.91 Å². The third kappa shape index (κ3) is 8.16. The van der Waals surface area contributed by atoms with Crippen molar-refractivity contribution in [3.63, 3.8) is 0 Å². The maximum absolute atomic E-state index is 14.3. The number of anilines is 1. The molecular weight excluding hydrogens is 711 g/mol. The Bertz CT molecular complexity index is 1880. The fourth-order valence-electron chi connectivity index (χ4n) is 9.46. The summed E-state index contributed by atoms with van der Waals surface area (Å²) in [5.41, 5.74) is 4.44. The van der Waals surface area contributed by atoms with E-state index in [1.807, 2.05) is 73.6 Å². The molecule has 5 N–H and O–H groups in total. The molecule has 3 aliphatic carbocycles. The van der Waals surface area contributed by atoms with Crippen molar-refractivity contribution in [2.45, 2.75) is 83.8 Å². The van der Waals surface area contributed by atoms with Crippen molar-refractivity contribution >= 4 is 23.4 Å². The molecule has 56 heavy (non-hydrogen) atoms. The number of nitrogens with one attached hydrogen (secondary N) is 3. The Morgan fingerprint density at radius 2 is 1.79 bits per heavy atom. The molecule has 2 bridgehead atoms. The first-order chi connectivity index (χ1) is 26.7. The lowest BCUT2D eigenvalue weighted by molar-refractivity contribution is -0.183. The number of rotatable bonds is 14. The molecule has 0 spiro atoms. The van der Waals surface area contributed by atoms with Crippen LogP contribution in [-0.4, -0.2) is 98.2 Å². The van der Waals surface area contributed by atoms with Crippen molar-refractivity contribution in [2.24, 2.45) is 29.1 Å². The zero-order valence-corrected chi connectivity index (χ0v) is 33.9. The smallest absolute Gasteiger partial charge is 0.252 e. The summed E-state index contributed by atoms with van der Waals surface area (Å²) in [5, 5.41) is 31.8. The first kappa shape index (κ1) is 41.2. The Morgan fingerprint density at radius 1 is 1.05 bits per heavy atom. The van der Waals surface area contributed by atoms with E-state index in [0.717, 1.165) is 17.7 Å². The Hall–Kier alpha value is -4.49. The largest absolute Gasteiger partial charge is 0.496 e. The lowest BCUT2D eigenvalue weighted by atomic mass is 9.45. The number of benzene rings is 3. The fourth-order valence-corrected chi connectivity index (χ4v) is 9.46. The number of aliphatic hydroxyl groups excluding tert-OH is 2. The monoisotopic (exact) mass is 769 g/mol. The number of methoxy groups -OCH3 is 1. The van der Waals surface area contributed by atoms with Crippen LogP contribution in [0.2, 0.25) is 0 Å². The number of fused-ring (bicyclic) bond motifs is 2. The molecule has 1 saturated heterocycles. The van der Waals surface area contributed by atoms with Gasteiger partial charge in [0.1, 0.15) is 23.9 Å². The van der Waals surface area contributed by atoms with Crippen LogP contribution in [0.3, 0.4) is 0 Å². The third-order valence-electron chi connectivity index (χ3n) is 12.8. The van der Waals surface area contributed by atoms with Gasteiger partial charge in [0.05, 0.1) is 26.4 Å². The van der Waals surface area contributed by atoms with Crippen LogP contribution in [0.1, 0.15) is 62.0 Å². The SMILES string of the molecule is CNC(=O)[C@H](Cc1ccccc1)NC(=O)c1cc(-c2cccc(CN3O[C@@H](CO)[C@@H]([C@H](C)O)[C@H]3C(=O)N[C@H]3C[C@H]4C[C@@H]([C@@H]3C)C4(C)C)c2OC)cc(N(C)C)c1. The van der Waals surface area contributed by atoms with Crippen LogP contribution in [0.4, 0.5) is 5.69 Å². The average Bonchev–Trinajstić information content (AvgIpc) is 3.56. The molecule has 1 heterocycles. The highest BCUT2D eigenvalue weighted by Gasteiger charge is 2.57. The highest BCUT2D eigenvalue weighted by molar-refractivity contribution is 5.99. The Kier molecular flexibility index (Phi) is 12.4. The molecule has 4 fully saturated rings. The van der Waals surface area contributed by atoms with E-state index in [1.54, 1.807) is 38.3 Å². The number of nitrogens with zero attached hydrogens (tertiary/aromatic N) is 2. The second kappa shape index (κ2) is 16.9. The summed E-state index contributed by atoms with van der Waals surface area (Å²) in [7, 11) is 6.90. The fraction of sp³-hybridized carbons (Fsp3) is 0.523. The zero-order valence-electron chi connectivity index (χ0n) is 33.9. The van der Waals surface area contributed by atoms with Crippen molar-refractivity contribution in [1.82, 2.24) is 21.0 Å². The van der Waals surface area contributed by atoms with E-state index in [9.17, 15) is 24.6 Å². The van der Waals surface area contributed by atoms with E-state index < -0.39 is 36.1 Å². The van der Waals surface area contributed by atoms with E-state index in [2.05, 4.69) is 36.7 Å². The number of hydroxylamine groups is 2. The Morgan fingerprint density at radius 3 is 2.39 bits per heavy atom. The quantitative estimate of drug-likeness (QED) is 0.163. The average molecular weight is 770 g/mol. The molecule has 3 amide bonds. The van der Waals surface area contributed by atoms with E-state index >= 15 is 0 Å². The standard InChI is InChI=1S/C44H59N5O7/c1-25-34-21-31(44(34,3)4)22-35(25)46-43(54)39-38(26(2)51)37(24-50)56-49(39)23-28-15-12-16-33(40(28)55-8)29-18-30(20-32(19-29)48(6)7)41(52)47-36(42(53)45-5)17-27-13-10-9-11-14-27/h9-16,18-20,25-26,31,34-39,50-51H,17,21-24H2,1-8H3,(H,45,53)(H,46,54)(H,47,52)/t25-,26-,31+,34-,35-,36-,37-,38+,39-/m0/s1. The van der Waals surface area contributed by atoms with Crippen LogP contribution in [0.5, 0.6) is 5.75 Å². The molecule has 7 rings (SSSR count). The molecule has 1 aliphatic heterocycles. The first-order valence-corrected chi connectivity index (χ1v) is 19.8. The second-order valence-electron chi connectivity index (χ2n) is 16.7. The van der Waals surface area contributed by atoms with E-state index in [1.165, 1.54) is 6.42 Å². The Labute approximate surface area is 330 Å². The van der Waals surface area contributed by atoms with E-state index in [4.69, 9.17) is 9.57 Å². The normalized spacial score (nSPS) is 26.4. The maximum Gasteiger partial charge on any atom is 0.252 e. The number of ether oxygens (including phenoxy) is 1. The summed E-state index contributed by atoms with van der Waals surface area (Å²) in [6, 6.07) is 19.1. The molecule has 0 aromatic heterocycles. The zero-order chi connectivity index (χ0) is 40.5. The number of hydrogen-bond donors (Lipinski definition) is 5. The van der Waals surface area contributed by atoms with Crippen molar-refractivity contribution in [3.8, 4) is 16.9 Å². The molecule has 302 valence electrons. The van der Waals surface area contributed by atoms with Gasteiger partial charge in [-0.05, 0) is 72.3 Å². The van der Waals surface area contributed by atoms with Crippen molar-refractivity contribution in [3.05, 3.63) is 83.4 Å². The number of carbonyl (C=O) groups is 3.